The lowest BCUT2D eigenvalue weighted by Crippen LogP contribution is -2.05. The highest BCUT2D eigenvalue weighted by atomic mass is 32.1. The Kier molecular flexibility index (Phi) is 2.66. The number of hydrogen-bond donors (Lipinski definition) is 1. The zero-order valence-corrected chi connectivity index (χ0v) is 10.2. The van der Waals surface area contributed by atoms with Gasteiger partial charge >= 0.3 is 0 Å². The third kappa shape index (κ3) is 1.75. The highest BCUT2D eigenvalue weighted by Crippen LogP contribution is 2.28. The predicted molar refractivity (Wildman–Crippen MR) is 71.3 cm³/mol. The lowest BCUT2D eigenvalue weighted by atomic mass is 10.3. The van der Waals surface area contributed by atoms with Crippen molar-refractivity contribution < 1.29 is 0 Å². The molecule has 86 valence electrons. The molecular weight excluding hydrogens is 230 g/mol. The maximum absolute atomic E-state index is 5.63. The molecule has 3 aromatic heterocycles. The van der Waals surface area contributed by atoms with Gasteiger partial charge in [-0.05, 0) is 30.1 Å². The fourth-order valence-corrected chi connectivity index (χ4v) is 2.72. The van der Waals surface area contributed by atoms with Crippen LogP contribution in [-0.2, 0) is 6.42 Å². The molecule has 0 aliphatic carbocycles. The molecule has 3 nitrogen and oxygen atoms in total. The summed E-state index contributed by atoms with van der Waals surface area (Å²) in [4.78, 5) is 5.92. The molecule has 0 amide bonds. The molecule has 0 radical (unpaired) electrons. The van der Waals surface area contributed by atoms with Crippen molar-refractivity contribution in [2.24, 2.45) is 5.73 Å². The molecular formula is C13H13N3S. The second kappa shape index (κ2) is 4.31. The Balaban J connectivity index is 2.25. The number of aromatic nitrogens is 2. The molecule has 0 aliphatic heterocycles. The summed E-state index contributed by atoms with van der Waals surface area (Å²) in [5.41, 5.74) is 7.84. The van der Waals surface area contributed by atoms with E-state index in [1.807, 2.05) is 18.3 Å². The van der Waals surface area contributed by atoms with E-state index in [9.17, 15) is 0 Å². The molecule has 0 bridgehead atoms. The molecule has 0 aromatic carbocycles. The molecule has 0 unspecified atom stereocenters. The summed E-state index contributed by atoms with van der Waals surface area (Å²) in [6, 6.07) is 10.3. The average Bonchev–Trinajstić information content (AvgIpc) is 2.97. The number of pyridine rings is 1. The van der Waals surface area contributed by atoms with Crippen molar-refractivity contribution in [3.63, 3.8) is 0 Å². The van der Waals surface area contributed by atoms with Gasteiger partial charge in [-0.1, -0.05) is 12.1 Å². The Morgan fingerprint density at radius 1 is 1.24 bits per heavy atom. The van der Waals surface area contributed by atoms with Gasteiger partial charge in [-0.15, -0.1) is 11.3 Å². The minimum atomic E-state index is 0.623. The van der Waals surface area contributed by atoms with E-state index in [0.29, 0.717) is 6.54 Å². The van der Waals surface area contributed by atoms with Crippen molar-refractivity contribution >= 4 is 16.9 Å². The number of rotatable bonds is 3. The van der Waals surface area contributed by atoms with Gasteiger partial charge in [0.15, 0.2) is 0 Å². The van der Waals surface area contributed by atoms with Crippen molar-refractivity contribution in [2.45, 2.75) is 6.42 Å². The van der Waals surface area contributed by atoms with Gasteiger partial charge in [-0.2, -0.15) is 0 Å². The molecule has 2 N–H and O–H groups in total. The smallest absolute Gasteiger partial charge is 0.115 e. The zero-order valence-electron chi connectivity index (χ0n) is 9.34. The van der Waals surface area contributed by atoms with Crippen LogP contribution in [0.4, 0.5) is 0 Å². The Hall–Kier alpha value is -1.65. The number of fused-ring (bicyclic) bond motifs is 1. The van der Waals surface area contributed by atoms with E-state index in [2.05, 4.69) is 28.0 Å². The average molecular weight is 243 g/mol. The van der Waals surface area contributed by atoms with E-state index < -0.39 is 0 Å². The fourth-order valence-electron chi connectivity index (χ4n) is 2.00. The lowest BCUT2D eigenvalue weighted by molar-refractivity contribution is 0.864. The molecule has 0 fully saturated rings. The molecule has 3 heterocycles. The van der Waals surface area contributed by atoms with E-state index in [4.69, 9.17) is 10.7 Å². The zero-order chi connectivity index (χ0) is 11.7. The van der Waals surface area contributed by atoms with Crippen LogP contribution in [0.5, 0.6) is 0 Å². The van der Waals surface area contributed by atoms with E-state index in [0.717, 1.165) is 23.5 Å². The predicted octanol–water partition coefficient (Wildman–Crippen LogP) is 2.56. The summed E-state index contributed by atoms with van der Waals surface area (Å²) in [6.45, 7) is 0.623. The first-order chi connectivity index (χ1) is 8.40. The van der Waals surface area contributed by atoms with Crippen LogP contribution in [0.2, 0.25) is 0 Å². The molecule has 0 aliphatic rings. The Morgan fingerprint density at radius 2 is 2.18 bits per heavy atom. The summed E-state index contributed by atoms with van der Waals surface area (Å²) in [5, 5.41) is 2.08. The van der Waals surface area contributed by atoms with Crippen LogP contribution in [0.1, 0.15) is 5.82 Å². The summed E-state index contributed by atoms with van der Waals surface area (Å²) in [6.07, 6.45) is 2.85. The summed E-state index contributed by atoms with van der Waals surface area (Å²) in [5.74, 6) is 1.03. The Morgan fingerprint density at radius 3 is 2.94 bits per heavy atom. The monoisotopic (exact) mass is 243 g/mol. The van der Waals surface area contributed by atoms with Gasteiger partial charge in [0.1, 0.15) is 11.5 Å². The quantitative estimate of drug-likeness (QED) is 0.768. The number of imidazole rings is 1. The normalized spacial score (nSPS) is 11.1. The van der Waals surface area contributed by atoms with Gasteiger partial charge in [-0.25, -0.2) is 4.98 Å². The summed E-state index contributed by atoms with van der Waals surface area (Å²) >= 11 is 1.72. The SMILES string of the molecule is NCCc1nc(-c2cccs2)c2ccccn12. The van der Waals surface area contributed by atoms with Gasteiger partial charge in [-0.3, -0.25) is 0 Å². The first kappa shape index (κ1) is 10.5. The van der Waals surface area contributed by atoms with E-state index in [1.54, 1.807) is 11.3 Å². The molecule has 3 aromatic rings. The van der Waals surface area contributed by atoms with Crippen LogP contribution >= 0.6 is 11.3 Å². The van der Waals surface area contributed by atoms with Crippen molar-refractivity contribution in [3.8, 4) is 10.6 Å². The number of nitrogens with two attached hydrogens (primary N) is 1. The van der Waals surface area contributed by atoms with Crippen LogP contribution in [0, 0.1) is 0 Å². The third-order valence-corrected chi connectivity index (χ3v) is 3.62. The van der Waals surface area contributed by atoms with Crippen LogP contribution < -0.4 is 5.73 Å². The topological polar surface area (TPSA) is 43.3 Å². The molecule has 0 spiro atoms. The molecule has 0 atom stereocenters. The first-order valence-electron chi connectivity index (χ1n) is 5.60. The van der Waals surface area contributed by atoms with Crippen LogP contribution in [0.15, 0.2) is 41.9 Å². The van der Waals surface area contributed by atoms with Gasteiger partial charge in [0.25, 0.3) is 0 Å². The number of thiophene rings is 1. The van der Waals surface area contributed by atoms with Gasteiger partial charge in [0.2, 0.25) is 0 Å². The lowest BCUT2D eigenvalue weighted by Gasteiger charge is -1.97. The summed E-state index contributed by atoms with van der Waals surface area (Å²) < 4.78 is 2.13. The summed E-state index contributed by atoms with van der Waals surface area (Å²) in [7, 11) is 0. The second-order valence-corrected chi connectivity index (χ2v) is 4.80. The van der Waals surface area contributed by atoms with Crippen molar-refractivity contribution in [2.75, 3.05) is 6.54 Å². The van der Waals surface area contributed by atoms with Gasteiger partial charge in [0.05, 0.1) is 10.4 Å². The minimum absolute atomic E-state index is 0.623. The first-order valence-corrected chi connectivity index (χ1v) is 6.48. The van der Waals surface area contributed by atoms with E-state index in [-0.39, 0.29) is 0 Å². The highest BCUT2D eigenvalue weighted by molar-refractivity contribution is 7.13. The minimum Gasteiger partial charge on any atom is -0.330 e. The maximum atomic E-state index is 5.63. The van der Waals surface area contributed by atoms with Crippen LogP contribution in [0.3, 0.4) is 0 Å². The second-order valence-electron chi connectivity index (χ2n) is 3.85. The maximum Gasteiger partial charge on any atom is 0.115 e. The van der Waals surface area contributed by atoms with Gasteiger partial charge < -0.3 is 10.1 Å². The number of nitrogens with zero attached hydrogens (tertiary/aromatic N) is 2. The van der Waals surface area contributed by atoms with Crippen molar-refractivity contribution in [1.82, 2.24) is 9.38 Å². The molecule has 0 saturated heterocycles. The van der Waals surface area contributed by atoms with E-state index in [1.165, 1.54) is 4.88 Å². The molecule has 3 rings (SSSR count). The third-order valence-electron chi connectivity index (χ3n) is 2.74. The van der Waals surface area contributed by atoms with Crippen LogP contribution in [0.25, 0.3) is 16.1 Å². The molecule has 0 saturated carbocycles. The Labute approximate surface area is 104 Å². The standard InChI is InChI=1S/C13H13N3S/c14-7-6-12-15-13(11-5-3-9-17-11)10-4-1-2-8-16(10)12/h1-5,8-9H,6-7,14H2. The molecule has 17 heavy (non-hydrogen) atoms. The van der Waals surface area contributed by atoms with Crippen LogP contribution in [-0.4, -0.2) is 15.9 Å². The van der Waals surface area contributed by atoms with E-state index >= 15 is 0 Å². The fraction of sp³-hybridized carbons (Fsp3) is 0.154. The highest BCUT2D eigenvalue weighted by Gasteiger charge is 2.11. The Bertz CT molecular complexity index is 625. The van der Waals surface area contributed by atoms with Crippen molar-refractivity contribution in [1.29, 1.82) is 0 Å². The number of hydrogen-bond acceptors (Lipinski definition) is 3. The molecule has 4 heteroatoms. The largest absolute Gasteiger partial charge is 0.330 e. The van der Waals surface area contributed by atoms with Crippen molar-refractivity contribution in [3.05, 3.63) is 47.7 Å². The van der Waals surface area contributed by atoms with Gasteiger partial charge in [0, 0.05) is 12.6 Å².